The van der Waals surface area contributed by atoms with E-state index in [9.17, 15) is 4.79 Å². The van der Waals surface area contributed by atoms with Gasteiger partial charge in [-0.3, -0.25) is 4.79 Å². The summed E-state index contributed by atoms with van der Waals surface area (Å²) in [6, 6.07) is 3.39. The molecule has 5 heteroatoms. The first kappa shape index (κ1) is 13.5. The van der Waals surface area contributed by atoms with Gasteiger partial charge in [0.2, 0.25) is 0 Å². The van der Waals surface area contributed by atoms with Crippen LogP contribution in [0.25, 0.3) is 0 Å². The zero-order chi connectivity index (χ0) is 12.8. The molecule has 1 saturated carbocycles. The van der Waals surface area contributed by atoms with Crippen LogP contribution < -0.4 is 5.32 Å². The summed E-state index contributed by atoms with van der Waals surface area (Å²) in [5.74, 6) is -0.0897. The Balaban J connectivity index is 1.68. The summed E-state index contributed by atoms with van der Waals surface area (Å²) < 4.78 is 6.34. The van der Waals surface area contributed by atoms with Crippen molar-refractivity contribution in [1.29, 1.82) is 0 Å². The highest BCUT2D eigenvalue weighted by atomic mass is 79.9. The van der Waals surface area contributed by atoms with Crippen LogP contribution in [0.15, 0.2) is 22.9 Å². The summed E-state index contributed by atoms with van der Waals surface area (Å²) in [5, 5.41) is 2.84. The predicted molar refractivity (Wildman–Crippen MR) is 72.5 cm³/mol. The molecule has 0 radical (unpaired) electrons. The van der Waals surface area contributed by atoms with Crippen molar-refractivity contribution in [3.63, 3.8) is 0 Å². The van der Waals surface area contributed by atoms with Crippen LogP contribution >= 0.6 is 15.9 Å². The fourth-order valence-electron chi connectivity index (χ4n) is 2.09. The average molecular weight is 313 g/mol. The summed E-state index contributed by atoms with van der Waals surface area (Å²) in [4.78, 5) is 15.8. The number of rotatable bonds is 5. The van der Waals surface area contributed by atoms with Crippen LogP contribution in [0.3, 0.4) is 0 Å². The topological polar surface area (TPSA) is 51.2 Å². The van der Waals surface area contributed by atoms with Gasteiger partial charge in [-0.05, 0) is 40.9 Å². The van der Waals surface area contributed by atoms with Gasteiger partial charge in [0.05, 0.1) is 12.7 Å². The molecule has 4 nitrogen and oxygen atoms in total. The van der Waals surface area contributed by atoms with E-state index in [-0.39, 0.29) is 5.91 Å². The molecule has 0 atom stereocenters. The molecule has 1 heterocycles. The van der Waals surface area contributed by atoms with E-state index >= 15 is 0 Å². The van der Waals surface area contributed by atoms with Gasteiger partial charge < -0.3 is 10.1 Å². The maximum absolute atomic E-state index is 11.8. The first-order valence-corrected chi connectivity index (χ1v) is 7.06. The van der Waals surface area contributed by atoms with Gasteiger partial charge in [0, 0.05) is 18.3 Å². The standard InChI is InChI=1S/C13H17BrN2O2/c14-12-9-10(5-6-15-12)13(17)16-7-8-18-11-3-1-2-4-11/h5-6,9,11H,1-4,7-8H2,(H,16,17). The lowest BCUT2D eigenvalue weighted by atomic mass is 10.2. The van der Waals surface area contributed by atoms with Gasteiger partial charge >= 0.3 is 0 Å². The van der Waals surface area contributed by atoms with Crippen LogP contribution in [-0.2, 0) is 4.74 Å². The van der Waals surface area contributed by atoms with E-state index in [2.05, 4.69) is 26.2 Å². The number of amides is 1. The molecule has 1 N–H and O–H groups in total. The van der Waals surface area contributed by atoms with Crippen molar-refractivity contribution in [3.05, 3.63) is 28.5 Å². The molecule has 0 bridgehead atoms. The lowest BCUT2D eigenvalue weighted by molar-refractivity contribution is 0.0582. The van der Waals surface area contributed by atoms with Gasteiger partial charge in [0.15, 0.2) is 0 Å². The van der Waals surface area contributed by atoms with Crippen molar-refractivity contribution >= 4 is 21.8 Å². The number of nitrogens with zero attached hydrogens (tertiary/aromatic N) is 1. The summed E-state index contributed by atoms with van der Waals surface area (Å²) in [6.07, 6.45) is 6.85. The van der Waals surface area contributed by atoms with Gasteiger partial charge in [0.25, 0.3) is 5.91 Å². The zero-order valence-corrected chi connectivity index (χ0v) is 11.8. The molecule has 0 saturated heterocycles. The number of halogens is 1. The van der Waals surface area contributed by atoms with Crippen molar-refractivity contribution in [3.8, 4) is 0 Å². The maximum atomic E-state index is 11.8. The fraction of sp³-hybridized carbons (Fsp3) is 0.538. The maximum Gasteiger partial charge on any atom is 0.251 e. The lowest BCUT2D eigenvalue weighted by Gasteiger charge is -2.11. The fourth-order valence-corrected chi connectivity index (χ4v) is 2.46. The number of aromatic nitrogens is 1. The summed E-state index contributed by atoms with van der Waals surface area (Å²) >= 11 is 3.24. The Kier molecular flexibility index (Phi) is 5.13. The van der Waals surface area contributed by atoms with Crippen LogP contribution in [0.5, 0.6) is 0 Å². The lowest BCUT2D eigenvalue weighted by Crippen LogP contribution is -2.28. The van der Waals surface area contributed by atoms with Crippen molar-refractivity contribution in [2.45, 2.75) is 31.8 Å². The number of ether oxygens (including phenoxy) is 1. The van der Waals surface area contributed by atoms with Gasteiger partial charge in [-0.25, -0.2) is 4.98 Å². The molecule has 0 aliphatic heterocycles. The summed E-state index contributed by atoms with van der Waals surface area (Å²) in [5.41, 5.74) is 0.609. The van der Waals surface area contributed by atoms with E-state index < -0.39 is 0 Å². The largest absolute Gasteiger partial charge is 0.376 e. The van der Waals surface area contributed by atoms with Crippen molar-refractivity contribution in [2.24, 2.45) is 0 Å². The first-order chi connectivity index (χ1) is 8.75. The minimum atomic E-state index is -0.0897. The van der Waals surface area contributed by atoms with Crippen molar-refractivity contribution in [1.82, 2.24) is 10.3 Å². The smallest absolute Gasteiger partial charge is 0.251 e. The van der Waals surface area contributed by atoms with E-state index in [4.69, 9.17) is 4.74 Å². The highest BCUT2D eigenvalue weighted by Gasteiger charge is 2.14. The van der Waals surface area contributed by atoms with Crippen molar-refractivity contribution in [2.75, 3.05) is 13.2 Å². The summed E-state index contributed by atoms with van der Waals surface area (Å²) in [7, 11) is 0. The minimum absolute atomic E-state index is 0.0897. The highest BCUT2D eigenvalue weighted by molar-refractivity contribution is 9.10. The highest BCUT2D eigenvalue weighted by Crippen LogP contribution is 2.20. The molecule has 2 rings (SSSR count). The molecular weight excluding hydrogens is 296 g/mol. The average Bonchev–Trinajstić information content (AvgIpc) is 2.87. The Morgan fingerprint density at radius 3 is 3.00 bits per heavy atom. The number of nitrogens with one attached hydrogen (secondary N) is 1. The number of carbonyl (C=O) groups excluding carboxylic acids is 1. The third-order valence-corrected chi connectivity index (χ3v) is 3.47. The van der Waals surface area contributed by atoms with Crippen LogP contribution in [0, 0.1) is 0 Å². The Labute approximate surface area is 115 Å². The Hall–Kier alpha value is -0.940. The Morgan fingerprint density at radius 2 is 2.28 bits per heavy atom. The van der Waals surface area contributed by atoms with Gasteiger partial charge in [-0.2, -0.15) is 0 Å². The molecule has 1 aromatic rings. The van der Waals surface area contributed by atoms with E-state index in [1.165, 1.54) is 12.8 Å². The number of pyridine rings is 1. The monoisotopic (exact) mass is 312 g/mol. The van der Waals surface area contributed by atoms with Crippen LogP contribution in [0.2, 0.25) is 0 Å². The molecule has 98 valence electrons. The molecule has 1 aliphatic rings. The second kappa shape index (κ2) is 6.85. The number of hydrogen-bond donors (Lipinski definition) is 1. The predicted octanol–water partition coefficient (Wildman–Crippen LogP) is 2.53. The van der Waals surface area contributed by atoms with Crippen LogP contribution in [-0.4, -0.2) is 30.1 Å². The zero-order valence-electron chi connectivity index (χ0n) is 10.2. The molecule has 0 spiro atoms. The molecular formula is C13H17BrN2O2. The normalized spacial score (nSPS) is 15.8. The molecule has 1 aromatic heterocycles. The Bertz CT molecular complexity index is 406. The molecule has 18 heavy (non-hydrogen) atoms. The quantitative estimate of drug-likeness (QED) is 0.671. The molecule has 1 fully saturated rings. The Morgan fingerprint density at radius 1 is 1.50 bits per heavy atom. The van der Waals surface area contributed by atoms with Crippen LogP contribution in [0.4, 0.5) is 0 Å². The first-order valence-electron chi connectivity index (χ1n) is 6.27. The van der Waals surface area contributed by atoms with Crippen molar-refractivity contribution < 1.29 is 9.53 Å². The number of hydrogen-bond acceptors (Lipinski definition) is 3. The minimum Gasteiger partial charge on any atom is -0.376 e. The molecule has 0 aromatic carbocycles. The van der Waals surface area contributed by atoms with E-state index in [1.807, 2.05) is 0 Å². The van der Waals surface area contributed by atoms with E-state index in [1.54, 1.807) is 18.3 Å². The second-order valence-corrected chi connectivity index (χ2v) is 5.21. The van der Waals surface area contributed by atoms with Crippen LogP contribution in [0.1, 0.15) is 36.0 Å². The third-order valence-electron chi connectivity index (χ3n) is 3.03. The van der Waals surface area contributed by atoms with Gasteiger partial charge in [-0.1, -0.05) is 12.8 Å². The SMILES string of the molecule is O=C(NCCOC1CCCC1)c1ccnc(Br)c1. The third kappa shape index (κ3) is 4.07. The molecule has 1 amide bonds. The number of carbonyl (C=O) groups is 1. The van der Waals surface area contributed by atoms with E-state index in [0.717, 1.165) is 12.8 Å². The molecule has 0 unspecified atom stereocenters. The summed E-state index contributed by atoms with van der Waals surface area (Å²) in [6.45, 7) is 1.14. The second-order valence-electron chi connectivity index (χ2n) is 4.40. The van der Waals surface area contributed by atoms with Gasteiger partial charge in [-0.15, -0.1) is 0 Å². The molecule has 1 aliphatic carbocycles. The van der Waals surface area contributed by atoms with E-state index in [0.29, 0.717) is 29.4 Å². The van der Waals surface area contributed by atoms with Gasteiger partial charge in [0.1, 0.15) is 4.60 Å².